The summed E-state index contributed by atoms with van der Waals surface area (Å²) in [6.45, 7) is 2.14. The molecule has 1 heterocycles. The van der Waals surface area contributed by atoms with E-state index < -0.39 is 0 Å². The highest BCUT2D eigenvalue weighted by Crippen LogP contribution is 2.42. The molecule has 0 bridgehead atoms. The van der Waals surface area contributed by atoms with Crippen LogP contribution in [0.2, 0.25) is 0 Å². The maximum atomic E-state index is 11.3. The van der Waals surface area contributed by atoms with Crippen LogP contribution in [0, 0.1) is 0 Å². The van der Waals surface area contributed by atoms with Crippen molar-refractivity contribution in [2.45, 2.75) is 44.6 Å². The number of nitrogens with one attached hydrogen (secondary N) is 1. The molecule has 0 aromatic carbocycles. The van der Waals surface area contributed by atoms with Crippen molar-refractivity contribution in [3.8, 4) is 0 Å². The average molecular weight is 203 g/mol. The predicted octanol–water partition coefficient (Wildman–Crippen LogP) is 1.66. The zero-order chi connectivity index (χ0) is 8.60. The number of halogens is 1. The summed E-state index contributed by atoms with van der Waals surface area (Å²) in [4.78, 5) is 15.7. The van der Waals surface area contributed by atoms with E-state index in [0.29, 0.717) is 0 Å². The lowest BCUT2D eigenvalue weighted by Gasteiger charge is -1.97. The third-order valence-corrected chi connectivity index (χ3v) is 2.52. The molecule has 1 saturated carbocycles. The van der Waals surface area contributed by atoms with Crippen molar-refractivity contribution in [2.24, 2.45) is 4.99 Å². The van der Waals surface area contributed by atoms with E-state index in [1.54, 1.807) is 0 Å². The van der Waals surface area contributed by atoms with Gasteiger partial charge in [0.15, 0.2) is 0 Å². The van der Waals surface area contributed by atoms with Gasteiger partial charge in [-0.1, -0.05) is 13.3 Å². The Morgan fingerprint density at radius 3 is 2.69 bits per heavy atom. The molecular formula is C9H15ClN2O. The first kappa shape index (κ1) is 10.5. The lowest BCUT2D eigenvalue weighted by atomic mass is 10.2. The predicted molar refractivity (Wildman–Crippen MR) is 54.3 cm³/mol. The van der Waals surface area contributed by atoms with Gasteiger partial charge in [0.25, 0.3) is 5.91 Å². The van der Waals surface area contributed by atoms with Gasteiger partial charge in [0, 0.05) is 6.42 Å². The van der Waals surface area contributed by atoms with E-state index >= 15 is 0 Å². The maximum Gasteiger partial charge on any atom is 0.253 e. The van der Waals surface area contributed by atoms with Crippen molar-refractivity contribution in [3.05, 3.63) is 0 Å². The normalized spacial score (nSPS) is 22.2. The number of amides is 1. The van der Waals surface area contributed by atoms with E-state index in [4.69, 9.17) is 0 Å². The topological polar surface area (TPSA) is 41.5 Å². The van der Waals surface area contributed by atoms with E-state index in [1.807, 2.05) is 0 Å². The fourth-order valence-corrected chi connectivity index (χ4v) is 1.50. The second-order valence-electron chi connectivity index (χ2n) is 3.65. The summed E-state index contributed by atoms with van der Waals surface area (Å²) in [6, 6.07) is 0. The van der Waals surface area contributed by atoms with Crippen LogP contribution in [0.3, 0.4) is 0 Å². The number of aliphatic imine (C=N–C) groups is 1. The van der Waals surface area contributed by atoms with Crippen LogP contribution in [-0.4, -0.2) is 17.3 Å². The van der Waals surface area contributed by atoms with Crippen LogP contribution in [0.4, 0.5) is 0 Å². The summed E-state index contributed by atoms with van der Waals surface area (Å²) >= 11 is 0. The molecule has 1 aliphatic carbocycles. The number of amidine groups is 1. The SMILES string of the molecule is CCCCC1=NC2(CC2)C(=O)N1.Cl. The van der Waals surface area contributed by atoms with Crippen molar-refractivity contribution in [1.82, 2.24) is 5.32 Å². The molecule has 3 nitrogen and oxygen atoms in total. The fraction of sp³-hybridized carbons (Fsp3) is 0.778. The largest absolute Gasteiger partial charge is 0.312 e. The van der Waals surface area contributed by atoms with E-state index in [0.717, 1.165) is 37.9 Å². The third kappa shape index (κ3) is 1.85. The highest BCUT2D eigenvalue weighted by atomic mass is 35.5. The first-order valence-corrected chi connectivity index (χ1v) is 4.67. The Morgan fingerprint density at radius 2 is 2.23 bits per heavy atom. The zero-order valence-corrected chi connectivity index (χ0v) is 8.62. The van der Waals surface area contributed by atoms with Crippen LogP contribution >= 0.6 is 12.4 Å². The van der Waals surface area contributed by atoms with Crippen LogP contribution in [0.1, 0.15) is 39.0 Å². The van der Waals surface area contributed by atoms with Gasteiger partial charge in [0.2, 0.25) is 0 Å². The smallest absolute Gasteiger partial charge is 0.253 e. The summed E-state index contributed by atoms with van der Waals surface area (Å²) in [5.41, 5.74) is -0.289. The molecule has 0 saturated heterocycles. The average Bonchev–Trinajstić information content (AvgIpc) is 2.74. The van der Waals surface area contributed by atoms with Crippen molar-refractivity contribution in [1.29, 1.82) is 0 Å². The molecule has 1 aliphatic heterocycles. The minimum absolute atomic E-state index is 0. The van der Waals surface area contributed by atoms with Crippen LogP contribution < -0.4 is 5.32 Å². The van der Waals surface area contributed by atoms with Gasteiger partial charge in [-0.25, -0.2) is 0 Å². The minimum Gasteiger partial charge on any atom is -0.312 e. The molecule has 0 unspecified atom stereocenters. The summed E-state index contributed by atoms with van der Waals surface area (Å²) in [5, 5.41) is 2.85. The molecule has 13 heavy (non-hydrogen) atoms. The lowest BCUT2D eigenvalue weighted by molar-refractivity contribution is -0.120. The van der Waals surface area contributed by atoms with Crippen molar-refractivity contribution in [2.75, 3.05) is 0 Å². The molecule has 0 atom stereocenters. The highest BCUT2D eigenvalue weighted by Gasteiger charge is 2.53. The second-order valence-corrected chi connectivity index (χ2v) is 3.65. The molecule has 0 radical (unpaired) electrons. The van der Waals surface area contributed by atoms with Crippen molar-refractivity contribution in [3.63, 3.8) is 0 Å². The van der Waals surface area contributed by atoms with Gasteiger partial charge in [-0.2, -0.15) is 0 Å². The first-order valence-electron chi connectivity index (χ1n) is 4.67. The van der Waals surface area contributed by atoms with E-state index in [2.05, 4.69) is 17.2 Å². The molecule has 4 heteroatoms. The van der Waals surface area contributed by atoms with Gasteiger partial charge in [-0.05, 0) is 19.3 Å². The van der Waals surface area contributed by atoms with Gasteiger partial charge >= 0.3 is 0 Å². The number of hydrogen-bond acceptors (Lipinski definition) is 2. The summed E-state index contributed by atoms with van der Waals surface area (Å²) in [5.74, 6) is 1.05. The van der Waals surface area contributed by atoms with Crippen molar-refractivity contribution >= 4 is 24.1 Å². The number of carbonyl (C=O) groups is 1. The Kier molecular flexibility index (Phi) is 2.96. The summed E-state index contributed by atoms with van der Waals surface area (Å²) < 4.78 is 0. The minimum atomic E-state index is -0.289. The second kappa shape index (κ2) is 3.66. The number of carbonyl (C=O) groups excluding carboxylic acids is 1. The molecule has 1 amide bonds. The molecular weight excluding hydrogens is 188 g/mol. The van der Waals surface area contributed by atoms with Gasteiger partial charge in [0.1, 0.15) is 11.4 Å². The first-order chi connectivity index (χ1) is 5.77. The van der Waals surface area contributed by atoms with Crippen LogP contribution in [0.25, 0.3) is 0 Å². The molecule has 0 aromatic heterocycles. The molecule has 74 valence electrons. The number of rotatable bonds is 3. The van der Waals surface area contributed by atoms with Crippen LogP contribution in [0.15, 0.2) is 4.99 Å². The Balaban J connectivity index is 0.000000845. The number of unbranched alkanes of at least 4 members (excludes halogenated alkanes) is 1. The van der Waals surface area contributed by atoms with E-state index in [9.17, 15) is 4.79 Å². The molecule has 1 N–H and O–H groups in total. The fourth-order valence-electron chi connectivity index (χ4n) is 1.50. The van der Waals surface area contributed by atoms with E-state index in [-0.39, 0.29) is 23.9 Å². The Morgan fingerprint density at radius 1 is 1.54 bits per heavy atom. The van der Waals surface area contributed by atoms with Gasteiger partial charge in [0.05, 0.1) is 0 Å². The van der Waals surface area contributed by atoms with Gasteiger partial charge < -0.3 is 5.32 Å². The Hall–Kier alpha value is -0.570. The molecule has 1 spiro atoms. The van der Waals surface area contributed by atoms with Crippen molar-refractivity contribution < 1.29 is 4.79 Å². The number of hydrogen-bond donors (Lipinski definition) is 1. The summed E-state index contributed by atoms with van der Waals surface area (Å²) in [6.07, 6.45) is 5.12. The quantitative estimate of drug-likeness (QED) is 0.743. The van der Waals surface area contributed by atoms with Gasteiger partial charge in [-0.15, -0.1) is 12.4 Å². The monoisotopic (exact) mass is 202 g/mol. The number of nitrogens with zero attached hydrogens (tertiary/aromatic N) is 1. The zero-order valence-electron chi connectivity index (χ0n) is 7.80. The highest BCUT2D eigenvalue weighted by molar-refractivity contribution is 6.09. The van der Waals surface area contributed by atoms with Gasteiger partial charge in [-0.3, -0.25) is 9.79 Å². The van der Waals surface area contributed by atoms with Crippen LogP contribution in [0.5, 0.6) is 0 Å². The molecule has 1 fully saturated rings. The molecule has 0 aromatic rings. The summed E-state index contributed by atoms with van der Waals surface area (Å²) in [7, 11) is 0. The standard InChI is InChI=1S/C9H14N2O.ClH/c1-2-3-4-7-10-8(12)9(11-7)5-6-9;/h2-6H2,1H3,(H,10,11,12);1H. The Bertz CT molecular complexity index is 246. The van der Waals surface area contributed by atoms with E-state index in [1.165, 1.54) is 0 Å². The molecule has 2 aliphatic rings. The van der Waals surface area contributed by atoms with Crippen LogP contribution in [-0.2, 0) is 4.79 Å². The maximum absolute atomic E-state index is 11.3. The lowest BCUT2D eigenvalue weighted by Crippen LogP contribution is -2.29. The third-order valence-electron chi connectivity index (χ3n) is 2.52. The Labute approximate surface area is 84.4 Å². The molecule has 2 rings (SSSR count).